The Bertz CT molecular complexity index is 813. The molecule has 5 heteroatoms. The van der Waals surface area contributed by atoms with Gasteiger partial charge in [0.2, 0.25) is 0 Å². The maximum atomic E-state index is 14.0. The first-order valence-electron chi connectivity index (χ1n) is 10.7. The van der Waals surface area contributed by atoms with E-state index in [0.29, 0.717) is 12.8 Å². The van der Waals surface area contributed by atoms with Crippen molar-refractivity contribution < 1.29 is 4.39 Å². The summed E-state index contributed by atoms with van der Waals surface area (Å²) in [6, 6.07) is 7.57. The van der Waals surface area contributed by atoms with Crippen LogP contribution in [0.1, 0.15) is 50.4 Å². The third kappa shape index (κ3) is 3.52. The van der Waals surface area contributed by atoms with Crippen LogP contribution in [0.25, 0.3) is 11.0 Å². The van der Waals surface area contributed by atoms with E-state index in [4.69, 9.17) is 4.98 Å². The minimum absolute atomic E-state index is 0.644. The number of benzene rings is 1. The van der Waals surface area contributed by atoms with Gasteiger partial charge >= 0.3 is 0 Å². The predicted molar refractivity (Wildman–Crippen MR) is 107 cm³/mol. The van der Waals surface area contributed by atoms with Crippen molar-refractivity contribution in [2.45, 2.75) is 70.2 Å². The highest BCUT2D eigenvalue weighted by molar-refractivity contribution is 5.77. The summed E-state index contributed by atoms with van der Waals surface area (Å²) >= 11 is 0. The molecule has 0 bridgehead atoms. The molecule has 1 aromatic heterocycles. The molecule has 27 heavy (non-hydrogen) atoms. The van der Waals surface area contributed by atoms with Crippen LogP contribution >= 0.6 is 0 Å². The fraction of sp³-hybridized carbons (Fsp3) is 0.682. The van der Waals surface area contributed by atoms with Crippen LogP contribution in [0.15, 0.2) is 18.2 Å². The van der Waals surface area contributed by atoms with Crippen molar-refractivity contribution in [3.05, 3.63) is 29.6 Å². The largest absolute Gasteiger partial charge is 0.327 e. The van der Waals surface area contributed by atoms with E-state index in [1.54, 1.807) is 6.92 Å². The standard InChI is InChI=1S/C22H31FN4/c1-22(23)8-11-25(12-9-22)16-17-5-6-20-19(15-17)24-21-7-10-26(13-14-27(20)21)18-3-2-4-18/h5-6,15,18H,2-4,7-14,16H2,1H3. The second-order valence-electron chi connectivity index (χ2n) is 9.06. The lowest BCUT2D eigenvalue weighted by molar-refractivity contribution is 0.0705. The Labute approximate surface area is 161 Å². The molecule has 0 spiro atoms. The molecule has 146 valence electrons. The van der Waals surface area contributed by atoms with Crippen LogP contribution in [0.3, 0.4) is 0 Å². The lowest BCUT2D eigenvalue weighted by Gasteiger charge is -2.36. The average Bonchev–Trinajstić information content (AvgIpc) is 2.82. The third-order valence-electron chi connectivity index (χ3n) is 7.02. The number of halogens is 1. The summed E-state index contributed by atoms with van der Waals surface area (Å²) in [7, 11) is 0. The number of hydrogen-bond donors (Lipinski definition) is 0. The first-order chi connectivity index (χ1) is 13.1. The minimum Gasteiger partial charge on any atom is -0.327 e. The van der Waals surface area contributed by atoms with Crippen molar-refractivity contribution in [3.63, 3.8) is 0 Å². The van der Waals surface area contributed by atoms with Crippen LogP contribution in [0, 0.1) is 0 Å². The summed E-state index contributed by atoms with van der Waals surface area (Å²) in [5.41, 5.74) is 2.73. The van der Waals surface area contributed by atoms with Gasteiger partial charge in [-0.25, -0.2) is 9.37 Å². The zero-order valence-electron chi connectivity index (χ0n) is 16.5. The number of aromatic nitrogens is 2. The Balaban J connectivity index is 1.30. The maximum Gasteiger partial charge on any atom is 0.111 e. The van der Waals surface area contributed by atoms with Crippen LogP contribution < -0.4 is 0 Å². The summed E-state index contributed by atoms with van der Waals surface area (Å²) in [5, 5.41) is 0. The molecule has 0 radical (unpaired) electrons. The van der Waals surface area contributed by atoms with E-state index in [1.807, 2.05) is 0 Å². The predicted octanol–water partition coefficient (Wildman–Crippen LogP) is 3.77. The number of likely N-dealkylation sites (tertiary alicyclic amines) is 1. The lowest BCUT2D eigenvalue weighted by atomic mass is 9.91. The van der Waals surface area contributed by atoms with Gasteiger partial charge in [-0.15, -0.1) is 0 Å². The van der Waals surface area contributed by atoms with Crippen LogP contribution in [0.4, 0.5) is 4.39 Å². The van der Waals surface area contributed by atoms with Crippen molar-refractivity contribution in [2.75, 3.05) is 26.2 Å². The smallest absolute Gasteiger partial charge is 0.111 e. The van der Waals surface area contributed by atoms with Crippen LogP contribution in [-0.2, 0) is 19.5 Å². The number of nitrogens with zero attached hydrogens (tertiary/aromatic N) is 4. The van der Waals surface area contributed by atoms with Gasteiger partial charge in [0.25, 0.3) is 0 Å². The number of imidazole rings is 1. The first-order valence-corrected chi connectivity index (χ1v) is 10.7. The first kappa shape index (κ1) is 17.6. The van der Waals surface area contributed by atoms with Gasteiger partial charge in [0.1, 0.15) is 11.5 Å². The van der Waals surface area contributed by atoms with Crippen LogP contribution in [-0.4, -0.2) is 57.2 Å². The second-order valence-corrected chi connectivity index (χ2v) is 9.06. The monoisotopic (exact) mass is 370 g/mol. The van der Waals surface area contributed by atoms with E-state index >= 15 is 0 Å². The number of hydrogen-bond acceptors (Lipinski definition) is 3. The Morgan fingerprint density at radius 2 is 1.93 bits per heavy atom. The number of rotatable bonds is 3. The highest BCUT2D eigenvalue weighted by atomic mass is 19.1. The van der Waals surface area contributed by atoms with Crippen LogP contribution in [0.2, 0.25) is 0 Å². The second kappa shape index (κ2) is 6.85. The van der Waals surface area contributed by atoms with Crippen molar-refractivity contribution in [1.29, 1.82) is 0 Å². The van der Waals surface area contributed by atoms with Gasteiger partial charge in [0.05, 0.1) is 11.0 Å². The SMILES string of the molecule is CC1(F)CCN(Cc2ccc3c(c2)nc2n3CCN(C3CCC3)CC2)CC1. The van der Waals surface area contributed by atoms with Gasteiger partial charge in [0, 0.05) is 51.7 Å². The van der Waals surface area contributed by atoms with Gasteiger partial charge in [-0.2, -0.15) is 0 Å². The van der Waals surface area contributed by atoms with E-state index in [9.17, 15) is 4.39 Å². The number of piperidine rings is 1. The van der Waals surface area contributed by atoms with Crippen molar-refractivity contribution in [2.24, 2.45) is 0 Å². The Morgan fingerprint density at radius 3 is 2.67 bits per heavy atom. The van der Waals surface area contributed by atoms with Crippen molar-refractivity contribution in [3.8, 4) is 0 Å². The van der Waals surface area contributed by atoms with Gasteiger partial charge in [0.15, 0.2) is 0 Å². The molecule has 4 nitrogen and oxygen atoms in total. The molecule has 1 saturated heterocycles. The molecule has 1 aliphatic carbocycles. The average molecular weight is 371 g/mol. The quantitative estimate of drug-likeness (QED) is 0.822. The van der Waals surface area contributed by atoms with Crippen molar-refractivity contribution >= 4 is 11.0 Å². The molecule has 2 aromatic rings. The summed E-state index contributed by atoms with van der Waals surface area (Å²) in [5.74, 6) is 1.25. The summed E-state index contributed by atoms with van der Waals surface area (Å²) in [4.78, 5) is 10.0. The molecule has 0 unspecified atom stereocenters. The summed E-state index contributed by atoms with van der Waals surface area (Å²) in [6.07, 6.45) is 6.51. The fourth-order valence-corrected chi connectivity index (χ4v) is 4.90. The van der Waals surface area contributed by atoms with Gasteiger partial charge in [-0.3, -0.25) is 9.80 Å². The van der Waals surface area contributed by atoms with E-state index in [-0.39, 0.29) is 0 Å². The molecule has 3 aliphatic rings. The van der Waals surface area contributed by atoms with Gasteiger partial charge < -0.3 is 4.57 Å². The fourth-order valence-electron chi connectivity index (χ4n) is 4.90. The topological polar surface area (TPSA) is 24.3 Å². The molecular weight excluding hydrogens is 339 g/mol. The molecule has 1 aromatic carbocycles. The molecular formula is C22H31FN4. The molecule has 2 aliphatic heterocycles. The number of fused-ring (bicyclic) bond motifs is 3. The lowest BCUT2D eigenvalue weighted by Crippen LogP contribution is -2.41. The third-order valence-corrected chi connectivity index (χ3v) is 7.02. The molecule has 0 amide bonds. The molecule has 5 rings (SSSR count). The van der Waals surface area contributed by atoms with E-state index in [1.165, 1.54) is 36.2 Å². The zero-order chi connectivity index (χ0) is 18.4. The Kier molecular flexibility index (Phi) is 4.47. The highest BCUT2D eigenvalue weighted by Gasteiger charge is 2.30. The molecule has 0 N–H and O–H groups in total. The van der Waals surface area contributed by atoms with E-state index < -0.39 is 5.67 Å². The molecule has 3 heterocycles. The zero-order valence-corrected chi connectivity index (χ0v) is 16.5. The Morgan fingerprint density at radius 1 is 1.11 bits per heavy atom. The van der Waals surface area contributed by atoms with Gasteiger partial charge in [-0.1, -0.05) is 12.5 Å². The maximum absolute atomic E-state index is 14.0. The van der Waals surface area contributed by atoms with Crippen molar-refractivity contribution in [1.82, 2.24) is 19.4 Å². The van der Waals surface area contributed by atoms with Crippen LogP contribution in [0.5, 0.6) is 0 Å². The molecule has 1 saturated carbocycles. The minimum atomic E-state index is -0.977. The number of alkyl halides is 1. The Hall–Kier alpha value is -1.46. The molecule has 2 fully saturated rings. The van der Waals surface area contributed by atoms with Gasteiger partial charge in [-0.05, 0) is 50.3 Å². The van der Waals surface area contributed by atoms with E-state index in [0.717, 1.165) is 57.2 Å². The summed E-state index contributed by atoms with van der Waals surface area (Å²) in [6.45, 7) is 7.70. The normalized spacial score (nSPS) is 24.5. The van der Waals surface area contributed by atoms with E-state index in [2.05, 4.69) is 32.6 Å². The molecule has 0 atom stereocenters. The summed E-state index contributed by atoms with van der Waals surface area (Å²) < 4.78 is 16.5. The highest BCUT2D eigenvalue weighted by Crippen LogP contribution is 2.29.